The summed E-state index contributed by atoms with van der Waals surface area (Å²) in [4.78, 5) is 9.31. The van der Waals surface area contributed by atoms with Crippen LogP contribution in [0.25, 0.3) is 5.32 Å². The predicted octanol–water partition coefficient (Wildman–Crippen LogP) is -2.85. The van der Waals surface area contributed by atoms with Gasteiger partial charge in [0.05, 0.1) is 1.37 Å². The van der Waals surface area contributed by atoms with E-state index >= 15 is 0 Å². The minimum atomic E-state index is -0.870. The summed E-state index contributed by atoms with van der Waals surface area (Å²) in [7, 11) is 1.29. The van der Waals surface area contributed by atoms with Crippen LogP contribution in [0.3, 0.4) is 0 Å². The standard InChI is InChI=1S/C2H5NO.Rb/c1-3-2-4;/h2H,1H3,(H,3,4);/q;+1/p-1/i2T;. The molecule has 1 amide bonds. The molecule has 0 aromatic carbocycles. The van der Waals surface area contributed by atoms with Gasteiger partial charge in [0, 0.05) is 6.39 Å². The average molecular weight is 146 g/mol. The van der Waals surface area contributed by atoms with Crippen LogP contribution in [-0.2, 0) is 4.79 Å². The molecule has 0 radical (unpaired) electrons. The Hall–Kier alpha value is 1.28. The van der Waals surface area contributed by atoms with E-state index in [1.807, 2.05) is 0 Å². The van der Waals surface area contributed by atoms with E-state index in [0.717, 1.165) is 0 Å². The van der Waals surface area contributed by atoms with Crippen molar-refractivity contribution in [2.75, 3.05) is 7.05 Å². The van der Waals surface area contributed by atoms with Crippen LogP contribution in [0.2, 0.25) is 0 Å². The van der Waals surface area contributed by atoms with Crippen molar-refractivity contribution in [1.29, 1.82) is 0 Å². The number of hydrogen-bond acceptors (Lipinski definition) is 1. The van der Waals surface area contributed by atoms with Crippen molar-refractivity contribution in [3.8, 4) is 0 Å². The second-order valence-corrected chi connectivity index (χ2v) is 0.315. The summed E-state index contributed by atoms with van der Waals surface area (Å²) in [6.45, 7) is 0. The van der Waals surface area contributed by atoms with E-state index in [0.29, 0.717) is 0 Å². The largest absolute Gasteiger partial charge is 1.00 e. The zero-order valence-corrected chi connectivity index (χ0v) is 8.27. The van der Waals surface area contributed by atoms with Crippen LogP contribution >= 0.6 is 0 Å². The van der Waals surface area contributed by atoms with E-state index in [2.05, 4.69) is 5.32 Å². The van der Waals surface area contributed by atoms with Crippen molar-refractivity contribution in [2.24, 2.45) is 0 Å². The van der Waals surface area contributed by atoms with Crippen LogP contribution in [-0.4, -0.2) is 13.4 Å². The van der Waals surface area contributed by atoms with Crippen molar-refractivity contribution in [1.82, 2.24) is 0 Å². The molecular formula is C2H4NORb. The van der Waals surface area contributed by atoms with Crippen LogP contribution < -0.4 is 58.2 Å². The van der Waals surface area contributed by atoms with Crippen LogP contribution in [0.4, 0.5) is 0 Å². The molecule has 0 fully saturated rings. The first-order valence-electron chi connectivity index (χ1n) is 1.37. The molecule has 0 rings (SSSR count). The summed E-state index contributed by atoms with van der Waals surface area (Å²) >= 11 is 0. The Bertz CT molecular complexity index is 48.8. The minimum absolute atomic E-state index is 0. The van der Waals surface area contributed by atoms with Gasteiger partial charge in [-0.1, -0.05) is 0 Å². The first kappa shape index (κ1) is 6.28. The molecule has 0 aliphatic rings. The quantitative estimate of drug-likeness (QED) is 0.338. The molecule has 0 spiro atoms. The Balaban J connectivity index is 0. The molecule has 0 heterocycles. The molecule has 24 valence electrons. The van der Waals surface area contributed by atoms with Crippen LogP contribution in [0.5, 0.6) is 0 Å². The van der Waals surface area contributed by atoms with Gasteiger partial charge in [-0.05, 0) is 0 Å². The van der Waals surface area contributed by atoms with E-state index in [-0.39, 0.29) is 58.2 Å². The zero-order chi connectivity index (χ0) is 4.28. The van der Waals surface area contributed by atoms with Gasteiger partial charge in [-0.25, -0.2) is 0 Å². The topological polar surface area (TPSA) is 31.2 Å². The van der Waals surface area contributed by atoms with Gasteiger partial charge in [-0.15, -0.1) is 7.05 Å². The molecule has 0 aromatic heterocycles. The van der Waals surface area contributed by atoms with Crippen molar-refractivity contribution in [3.05, 3.63) is 5.32 Å². The average Bonchev–Trinajstić information content (AvgIpc) is 1.38. The van der Waals surface area contributed by atoms with Gasteiger partial charge in [0.1, 0.15) is 0 Å². The van der Waals surface area contributed by atoms with E-state index in [9.17, 15) is 4.79 Å². The van der Waals surface area contributed by atoms with Crippen molar-refractivity contribution < 1.29 is 64.4 Å². The molecule has 0 bridgehead atoms. The molecule has 0 aliphatic heterocycles. The number of amides is 1. The number of hydrogen-bond donors (Lipinski definition) is 0. The second-order valence-electron chi connectivity index (χ2n) is 0.315. The first-order valence-corrected chi connectivity index (χ1v) is 0.875. The Morgan fingerprint density at radius 2 is 2.40 bits per heavy atom. The van der Waals surface area contributed by atoms with Crippen molar-refractivity contribution in [2.45, 2.75) is 0 Å². The predicted molar refractivity (Wildman–Crippen MR) is 15.3 cm³/mol. The monoisotopic (exact) mass is 145 g/mol. The third-order valence-electron chi connectivity index (χ3n) is 0.0913. The summed E-state index contributed by atoms with van der Waals surface area (Å²) in [6.07, 6.45) is -0.870. The normalized spacial score (nSPS) is 7.00. The molecule has 0 aromatic rings. The smallest absolute Gasteiger partial charge is 0.659 e. The molecule has 0 unspecified atom stereocenters. The molecule has 0 aliphatic carbocycles. The minimum Gasteiger partial charge on any atom is -0.659 e. The van der Waals surface area contributed by atoms with Gasteiger partial charge in [-0.3, -0.25) is 0 Å². The number of rotatable bonds is 0. The molecular weight excluding hydrogens is 139 g/mol. The third-order valence-corrected chi connectivity index (χ3v) is 0.0913. The van der Waals surface area contributed by atoms with Gasteiger partial charge in [0.2, 0.25) is 0 Å². The molecule has 0 saturated heterocycles. The Kier molecular flexibility index (Phi) is 11.3. The molecule has 0 atom stereocenters. The van der Waals surface area contributed by atoms with Crippen LogP contribution in [0, 0.1) is 0 Å². The van der Waals surface area contributed by atoms with Gasteiger partial charge >= 0.3 is 58.2 Å². The maximum atomic E-state index is 9.31. The summed E-state index contributed by atoms with van der Waals surface area (Å²) in [5.41, 5.74) is 0. The number of nitrogens with zero attached hydrogens (tertiary/aromatic N) is 1. The first-order chi connectivity index (χ1) is 2.27. The Labute approximate surface area is 81.5 Å². The maximum Gasteiger partial charge on any atom is 1.00 e. The van der Waals surface area contributed by atoms with E-state index in [4.69, 9.17) is 1.37 Å². The van der Waals surface area contributed by atoms with Gasteiger partial charge in [0.25, 0.3) is 0 Å². The van der Waals surface area contributed by atoms with Gasteiger partial charge in [0.15, 0.2) is 0 Å². The summed E-state index contributed by atoms with van der Waals surface area (Å²) in [6, 6.07) is 0. The SMILES string of the molecule is [3H]C(=O)[N-]C.[Rb+]. The summed E-state index contributed by atoms with van der Waals surface area (Å²) < 4.78 is 6.02. The fraction of sp³-hybridized carbons (Fsp3) is 0.500. The molecule has 2 nitrogen and oxygen atoms in total. The molecule has 3 heteroatoms. The fourth-order valence-corrected chi connectivity index (χ4v) is 0. The fourth-order valence-electron chi connectivity index (χ4n) is 0. The Morgan fingerprint density at radius 3 is 2.40 bits per heavy atom. The van der Waals surface area contributed by atoms with E-state index in [1.165, 1.54) is 7.05 Å². The zero-order valence-electron chi connectivity index (χ0n) is 4.36. The Morgan fingerprint density at radius 1 is 2.20 bits per heavy atom. The maximum absolute atomic E-state index is 9.31. The van der Waals surface area contributed by atoms with E-state index in [1.54, 1.807) is 0 Å². The number of carbonyl (C=O) groups is 1. The number of carbonyl (C=O) groups excluding carboxylic acids is 1. The summed E-state index contributed by atoms with van der Waals surface area (Å²) in [5, 5.41) is 2.92. The molecule has 0 saturated carbocycles. The van der Waals surface area contributed by atoms with Crippen LogP contribution in [0.1, 0.15) is 1.37 Å². The second kappa shape index (κ2) is 8.99. The summed E-state index contributed by atoms with van der Waals surface area (Å²) in [5.74, 6) is 0. The van der Waals surface area contributed by atoms with Crippen molar-refractivity contribution >= 4 is 6.39 Å². The van der Waals surface area contributed by atoms with Gasteiger partial charge in [-0.2, -0.15) is 0 Å². The third kappa shape index (κ3) is 10.9. The van der Waals surface area contributed by atoms with Crippen LogP contribution in [0.15, 0.2) is 0 Å². The van der Waals surface area contributed by atoms with E-state index < -0.39 is 6.39 Å². The van der Waals surface area contributed by atoms with Crippen molar-refractivity contribution in [3.63, 3.8) is 0 Å². The molecule has 0 N–H and O–H groups in total. The molecule has 5 heavy (non-hydrogen) atoms. The van der Waals surface area contributed by atoms with Gasteiger partial charge < -0.3 is 10.1 Å².